The van der Waals surface area contributed by atoms with E-state index >= 15 is 0 Å². The van der Waals surface area contributed by atoms with Crippen LogP contribution in [0.5, 0.6) is 0 Å². The summed E-state index contributed by atoms with van der Waals surface area (Å²) in [7, 11) is 6.64. The fourth-order valence-electron chi connectivity index (χ4n) is 12.5. The van der Waals surface area contributed by atoms with E-state index in [0.717, 1.165) is 40.7 Å². The number of methoxy groups -OCH3 is 5. The van der Waals surface area contributed by atoms with Gasteiger partial charge in [0.15, 0.2) is 11.7 Å². The molecule has 24 heteroatoms. The van der Waals surface area contributed by atoms with E-state index in [4.69, 9.17) is 37.9 Å². The zero-order valence-corrected chi connectivity index (χ0v) is 69.0. The Morgan fingerprint density at radius 3 is 0.828 bits per heavy atom. The molecule has 1 fully saturated rings. The molecule has 0 bridgehead atoms. The van der Waals surface area contributed by atoms with Gasteiger partial charge in [-0.15, -0.1) is 0 Å². The summed E-state index contributed by atoms with van der Waals surface area (Å²) < 4.78 is 60.0. The summed E-state index contributed by atoms with van der Waals surface area (Å²) in [4.78, 5) is 109. The van der Waals surface area contributed by atoms with E-state index in [9.17, 15) is 43.2 Å². The van der Waals surface area contributed by atoms with Crippen LogP contribution in [-0.2, 0) is 66.5 Å². The topological polar surface area (TPSA) is 271 Å². The van der Waals surface area contributed by atoms with E-state index in [1.165, 1.54) is 49.2 Å². The van der Waals surface area contributed by atoms with Crippen molar-refractivity contribution in [3.8, 4) is 0 Å². The van der Waals surface area contributed by atoms with E-state index in [-0.39, 0.29) is 48.0 Å². The van der Waals surface area contributed by atoms with E-state index in [1.54, 1.807) is 89.4 Å². The molecule has 0 unspecified atom stereocenters. The van der Waals surface area contributed by atoms with Crippen LogP contribution in [0.1, 0.15) is 206 Å². The van der Waals surface area contributed by atoms with Crippen molar-refractivity contribution < 1.29 is 90.5 Å². The van der Waals surface area contributed by atoms with Gasteiger partial charge >= 0.3 is 53.7 Å². The predicted molar refractivity (Wildman–Crippen MR) is 437 cm³/mol. The second-order valence-corrected chi connectivity index (χ2v) is 28.6. The molecule has 614 valence electrons. The summed E-state index contributed by atoms with van der Waals surface area (Å²) in [6, 6.07) is 67.0. The SMILES string of the molecule is C=C(OC)C1(OC(=O)c2cccn2[C@H](C)c2ccccc2)CC1.COC(=O)C(C)(C)OC(=O)c1cccn1[C@H](C)c1ccccc1.COC(=O)[C@@H](C)OC(=O)c1cccn1[C@H](C)c1ccccc1.COC(=O)[C@@H](OC(=O)c1cccn1[C@H](C)c1ccccc1)C(C)C.COC(=O)[C@H](OC(=O)c1cccn1[C@H](C)c1ccccc1)C(C)C. The van der Waals surface area contributed by atoms with Crippen LogP contribution in [0.25, 0.3) is 0 Å². The lowest BCUT2D eigenvalue weighted by Crippen LogP contribution is -2.38. The Morgan fingerprint density at radius 2 is 0.586 bits per heavy atom. The molecule has 5 heterocycles. The Morgan fingerprint density at radius 1 is 0.328 bits per heavy atom. The van der Waals surface area contributed by atoms with E-state index in [2.05, 4.69) is 35.1 Å². The second kappa shape index (κ2) is 42.9. The molecule has 5 aromatic carbocycles. The van der Waals surface area contributed by atoms with Crippen LogP contribution in [0.15, 0.2) is 256 Å². The average Bonchev–Trinajstić information content (AvgIpc) is 1.62. The van der Waals surface area contributed by atoms with Crippen molar-refractivity contribution in [3.05, 3.63) is 312 Å². The number of hydrogen-bond donors (Lipinski definition) is 0. The fraction of sp³-hybridized carbons (Fsp3) is 0.337. The third kappa shape index (κ3) is 23.9. The van der Waals surface area contributed by atoms with Gasteiger partial charge in [-0.2, -0.15) is 0 Å². The first-order valence-corrected chi connectivity index (χ1v) is 38.1. The smallest absolute Gasteiger partial charge is 0.356 e. The van der Waals surface area contributed by atoms with Crippen molar-refractivity contribution in [2.24, 2.45) is 11.8 Å². The number of hydrogen-bond acceptors (Lipinski definition) is 19. The van der Waals surface area contributed by atoms with Crippen LogP contribution in [0.4, 0.5) is 0 Å². The molecule has 5 aromatic heterocycles. The van der Waals surface area contributed by atoms with Gasteiger partial charge in [-0.25, -0.2) is 43.2 Å². The second-order valence-electron chi connectivity index (χ2n) is 28.6. The van der Waals surface area contributed by atoms with Crippen molar-refractivity contribution >= 4 is 53.7 Å². The highest BCUT2D eigenvalue weighted by atomic mass is 16.6. The van der Waals surface area contributed by atoms with Gasteiger partial charge < -0.3 is 70.2 Å². The van der Waals surface area contributed by atoms with Crippen molar-refractivity contribution in [1.82, 2.24) is 22.8 Å². The number of esters is 9. The Labute approximate surface area is 678 Å². The molecular weight excluding hydrogens is 1480 g/mol. The van der Waals surface area contributed by atoms with E-state index < -0.39 is 77.3 Å². The summed E-state index contributed by atoms with van der Waals surface area (Å²) in [5.41, 5.74) is 5.60. The molecule has 0 aliphatic heterocycles. The molecule has 0 amide bonds. The lowest BCUT2D eigenvalue weighted by molar-refractivity contribution is -0.159. The third-order valence-electron chi connectivity index (χ3n) is 19.6. The van der Waals surface area contributed by atoms with Gasteiger partial charge in [0.1, 0.15) is 34.2 Å². The lowest BCUT2D eigenvalue weighted by atomic mass is 10.1. The molecule has 11 rings (SSSR count). The van der Waals surface area contributed by atoms with E-state index in [0.29, 0.717) is 34.2 Å². The maximum absolute atomic E-state index is 12.6. The number of benzene rings is 5. The summed E-state index contributed by atoms with van der Waals surface area (Å²) >= 11 is 0. The van der Waals surface area contributed by atoms with Gasteiger partial charge in [-0.1, -0.05) is 186 Å². The Hall–Kier alpha value is -12.7. The molecule has 10 aromatic rings. The van der Waals surface area contributed by atoms with Crippen LogP contribution in [0.2, 0.25) is 0 Å². The predicted octanol–water partition coefficient (Wildman–Crippen LogP) is 16.9. The summed E-state index contributed by atoms with van der Waals surface area (Å²) in [6.07, 6.45) is 7.95. The monoisotopic (exact) mass is 1590 g/mol. The average molecular weight is 1590 g/mol. The molecule has 116 heavy (non-hydrogen) atoms. The Bertz CT molecular complexity index is 4600. The van der Waals surface area contributed by atoms with Gasteiger partial charge in [0, 0.05) is 42.8 Å². The van der Waals surface area contributed by atoms with Crippen LogP contribution in [0.3, 0.4) is 0 Å². The van der Waals surface area contributed by atoms with Gasteiger partial charge in [0.05, 0.1) is 65.8 Å². The van der Waals surface area contributed by atoms with Crippen LogP contribution < -0.4 is 0 Å². The minimum absolute atomic E-state index is 0.0211. The molecule has 1 saturated carbocycles. The molecule has 0 radical (unpaired) electrons. The standard InChI is InChI=1S/2C19H23NO4.C19H21NO3.C18H21NO4.C17H19NO4/c2*1-13(2)17(19(22)23-4)24-18(21)16-11-8-12-20(16)14(3)15-9-6-5-7-10-15;1-14(16-8-5-4-6-9-16)20-13-7-10-17(20)18(21)23-19(11-12-19)15(2)22-3;1-13(14-9-6-5-7-10-14)19-12-8-11-15(19)16(20)23-18(2,3)17(21)22-4;1-12(14-8-5-4-6-9-14)18-11-7-10-15(18)17(20)22-13(2)16(19)21-3/h2*5-14,17H,1-4H3;4-10,13-14H,2,11-12H2,1,3H3;5-13H,1-4H3;4-13H,1-3H3/t14-,17+;14-,17-;14-;13-;12-,13-/m11111/s1. The molecule has 24 nitrogen and oxygen atoms in total. The van der Waals surface area contributed by atoms with Crippen LogP contribution in [-0.4, -0.2) is 142 Å². The molecule has 0 spiro atoms. The van der Waals surface area contributed by atoms with Crippen LogP contribution >= 0.6 is 0 Å². The number of nitrogens with zero attached hydrogens (tertiary/aromatic N) is 5. The first kappa shape index (κ1) is 90.5. The number of carbonyl (C=O) groups is 9. The van der Waals surface area contributed by atoms with Crippen molar-refractivity contribution in [2.75, 3.05) is 35.5 Å². The van der Waals surface area contributed by atoms with Gasteiger partial charge in [-0.05, 0) is 157 Å². The minimum Gasteiger partial charge on any atom is -0.497 e. The molecular formula is C92H107N5O19. The lowest BCUT2D eigenvalue weighted by Gasteiger charge is -2.23. The molecule has 1 aliphatic rings. The van der Waals surface area contributed by atoms with Gasteiger partial charge in [-0.3, -0.25) is 0 Å². The first-order chi connectivity index (χ1) is 55.4. The highest BCUT2D eigenvalue weighted by molar-refractivity contribution is 5.93. The number of ether oxygens (including phenoxy) is 10. The van der Waals surface area contributed by atoms with E-state index in [1.807, 2.05) is 227 Å². The largest absolute Gasteiger partial charge is 0.497 e. The maximum atomic E-state index is 12.6. The van der Waals surface area contributed by atoms with Crippen molar-refractivity contribution in [3.63, 3.8) is 0 Å². The summed E-state index contributed by atoms with van der Waals surface area (Å²) in [5.74, 6) is -4.62. The molecule has 8 atom stereocenters. The summed E-state index contributed by atoms with van der Waals surface area (Å²) in [6.45, 7) is 25.6. The van der Waals surface area contributed by atoms with Gasteiger partial charge in [0.25, 0.3) is 0 Å². The van der Waals surface area contributed by atoms with Gasteiger partial charge in [0.2, 0.25) is 17.8 Å². The summed E-state index contributed by atoms with van der Waals surface area (Å²) in [5, 5.41) is 0. The Balaban J connectivity index is 0.000000201. The molecule has 0 N–H and O–H groups in total. The molecule has 0 saturated heterocycles. The minimum atomic E-state index is -1.34. The zero-order valence-electron chi connectivity index (χ0n) is 69.0. The van der Waals surface area contributed by atoms with Crippen LogP contribution in [0, 0.1) is 11.8 Å². The number of carbonyl (C=O) groups excluding carboxylic acids is 9. The highest BCUT2D eigenvalue weighted by Crippen LogP contribution is 2.46. The Kier molecular flexibility index (Phi) is 33.5. The highest BCUT2D eigenvalue weighted by Gasteiger charge is 2.51. The quantitative estimate of drug-likeness (QED) is 0.0250. The molecule has 1 aliphatic carbocycles. The first-order valence-electron chi connectivity index (χ1n) is 38.1. The van der Waals surface area contributed by atoms with Crippen molar-refractivity contribution in [1.29, 1.82) is 0 Å². The third-order valence-corrected chi connectivity index (χ3v) is 19.6. The number of rotatable bonds is 28. The fourth-order valence-corrected chi connectivity index (χ4v) is 12.5. The zero-order chi connectivity index (χ0) is 85.0. The normalized spacial score (nSPS) is 13.8. The van der Waals surface area contributed by atoms with Crippen molar-refractivity contribution in [2.45, 2.75) is 156 Å². The number of aromatic nitrogens is 5. The maximum Gasteiger partial charge on any atom is 0.356 e.